The average Bonchev–Trinajstić information content (AvgIpc) is 2.56. The van der Waals surface area contributed by atoms with E-state index in [9.17, 15) is 4.79 Å². The minimum Gasteiger partial charge on any atom is -0.395 e. The number of benzene rings is 1. The fourth-order valence-electron chi connectivity index (χ4n) is 2.16. The molecule has 1 N–H and O–H groups in total. The van der Waals surface area contributed by atoms with Gasteiger partial charge in [0.2, 0.25) is 5.91 Å². The molecule has 0 bridgehead atoms. The minimum atomic E-state index is -0.0769. The van der Waals surface area contributed by atoms with Gasteiger partial charge in [-0.25, -0.2) is 0 Å². The molecular formula is C13H14ClNO2. The molecule has 1 aliphatic rings. The van der Waals surface area contributed by atoms with Gasteiger partial charge in [0.15, 0.2) is 0 Å². The third-order valence-corrected chi connectivity index (χ3v) is 3.16. The van der Waals surface area contributed by atoms with Crippen molar-refractivity contribution in [2.75, 3.05) is 13.2 Å². The van der Waals surface area contributed by atoms with Gasteiger partial charge >= 0.3 is 0 Å². The molecule has 1 aromatic carbocycles. The van der Waals surface area contributed by atoms with Gasteiger partial charge in [-0.2, -0.15) is 0 Å². The smallest absolute Gasteiger partial charge is 0.247 e. The summed E-state index contributed by atoms with van der Waals surface area (Å²) in [6.45, 7) is 2.24. The fraction of sp³-hybridized carbons (Fsp3) is 0.308. The van der Waals surface area contributed by atoms with Gasteiger partial charge < -0.3 is 10.0 Å². The highest BCUT2D eigenvalue weighted by Crippen LogP contribution is 2.33. The first-order valence-electron chi connectivity index (χ1n) is 5.48. The lowest BCUT2D eigenvalue weighted by atomic mass is 10.0. The van der Waals surface area contributed by atoms with Crippen LogP contribution in [0.5, 0.6) is 0 Å². The van der Waals surface area contributed by atoms with E-state index in [1.54, 1.807) is 11.0 Å². The van der Waals surface area contributed by atoms with Crippen molar-refractivity contribution >= 4 is 17.5 Å². The lowest BCUT2D eigenvalue weighted by Gasteiger charge is -2.26. The maximum absolute atomic E-state index is 11.7. The van der Waals surface area contributed by atoms with Gasteiger partial charge in [0.05, 0.1) is 12.6 Å². The van der Waals surface area contributed by atoms with Crippen LogP contribution < -0.4 is 0 Å². The molecule has 1 amide bonds. The molecule has 0 fully saturated rings. The zero-order valence-corrected chi connectivity index (χ0v) is 10.3. The van der Waals surface area contributed by atoms with Crippen molar-refractivity contribution in [2.45, 2.75) is 13.0 Å². The molecule has 4 heteroatoms. The predicted octanol–water partition coefficient (Wildman–Crippen LogP) is 2.16. The Morgan fingerprint density at radius 1 is 1.35 bits per heavy atom. The number of aliphatic hydroxyl groups excluding tert-OH is 1. The number of rotatable bonds is 3. The summed E-state index contributed by atoms with van der Waals surface area (Å²) in [5.74, 6) is -0.0449. The Balaban J connectivity index is 2.31. The maximum Gasteiger partial charge on any atom is 0.247 e. The van der Waals surface area contributed by atoms with E-state index >= 15 is 0 Å². The standard InChI is InChI=1S/C13H14ClNO2/c1-9-8-12(17)15(6-7-16)13(9)10-2-4-11(14)5-3-10/h2-5,8,13,16H,6-7H2,1H3. The zero-order chi connectivity index (χ0) is 12.4. The van der Waals surface area contributed by atoms with Crippen molar-refractivity contribution in [1.82, 2.24) is 4.90 Å². The van der Waals surface area contributed by atoms with Gasteiger partial charge in [-0.3, -0.25) is 4.79 Å². The SMILES string of the molecule is CC1=CC(=O)N(CCO)C1c1ccc(Cl)cc1. The number of hydrogen-bond donors (Lipinski definition) is 1. The van der Waals surface area contributed by atoms with E-state index in [1.807, 2.05) is 31.2 Å². The third kappa shape index (κ3) is 2.35. The molecule has 1 aromatic rings. The normalized spacial score (nSPS) is 19.7. The van der Waals surface area contributed by atoms with E-state index < -0.39 is 0 Å². The number of carbonyl (C=O) groups is 1. The number of carbonyl (C=O) groups excluding carboxylic acids is 1. The molecule has 3 nitrogen and oxygen atoms in total. The number of halogens is 1. The van der Waals surface area contributed by atoms with E-state index in [0.29, 0.717) is 11.6 Å². The molecule has 1 unspecified atom stereocenters. The van der Waals surface area contributed by atoms with Crippen molar-refractivity contribution in [3.05, 3.63) is 46.5 Å². The lowest BCUT2D eigenvalue weighted by molar-refractivity contribution is -0.126. The van der Waals surface area contributed by atoms with Crippen LogP contribution in [-0.2, 0) is 4.79 Å². The molecule has 2 rings (SSSR count). The highest BCUT2D eigenvalue weighted by Gasteiger charge is 2.30. The summed E-state index contributed by atoms with van der Waals surface area (Å²) in [6.07, 6.45) is 1.62. The maximum atomic E-state index is 11.7. The number of aliphatic hydroxyl groups is 1. The number of amides is 1. The molecule has 0 spiro atoms. The van der Waals surface area contributed by atoms with Crippen molar-refractivity contribution in [3.8, 4) is 0 Å². The summed E-state index contributed by atoms with van der Waals surface area (Å²) in [7, 11) is 0. The van der Waals surface area contributed by atoms with Gasteiger partial charge in [-0.1, -0.05) is 23.7 Å². The molecule has 0 aliphatic carbocycles. The summed E-state index contributed by atoms with van der Waals surface area (Å²) in [5, 5.41) is 9.68. The lowest BCUT2D eigenvalue weighted by Crippen LogP contribution is -2.31. The first-order chi connectivity index (χ1) is 8.13. The largest absolute Gasteiger partial charge is 0.395 e. The number of hydrogen-bond acceptors (Lipinski definition) is 2. The summed E-state index contributed by atoms with van der Waals surface area (Å²) in [5.41, 5.74) is 2.01. The molecule has 0 saturated carbocycles. The van der Waals surface area contributed by atoms with Crippen LogP contribution in [0.15, 0.2) is 35.9 Å². The van der Waals surface area contributed by atoms with E-state index in [1.165, 1.54) is 0 Å². The molecular weight excluding hydrogens is 238 g/mol. The Morgan fingerprint density at radius 3 is 2.59 bits per heavy atom. The minimum absolute atomic E-state index is 0.0308. The highest BCUT2D eigenvalue weighted by atomic mass is 35.5. The predicted molar refractivity (Wildman–Crippen MR) is 66.7 cm³/mol. The van der Waals surface area contributed by atoms with Crippen LogP contribution >= 0.6 is 11.6 Å². The van der Waals surface area contributed by atoms with Crippen molar-refractivity contribution < 1.29 is 9.90 Å². The second-order valence-electron chi connectivity index (χ2n) is 4.10. The zero-order valence-electron chi connectivity index (χ0n) is 9.56. The summed E-state index contributed by atoms with van der Waals surface area (Å²) < 4.78 is 0. The summed E-state index contributed by atoms with van der Waals surface area (Å²) >= 11 is 5.85. The summed E-state index contributed by atoms with van der Waals surface area (Å²) in [6, 6.07) is 7.36. The second-order valence-corrected chi connectivity index (χ2v) is 4.53. The molecule has 1 heterocycles. The van der Waals surface area contributed by atoms with Crippen LogP contribution in [0.4, 0.5) is 0 Å². The van der Waals surface area contributed by atoms with E-state index in [2.05, 4.69) is 0 Å². The van der Waals surface area contributed by atoms with Crippen LogP contribution in [0.25, 0.3) is 0 Å². The molecule has 0 saturated heterocycles. The number of nitrogens with zero attached hydrogens (tertiary/aromatic N) is 1. The molecule has 0 aromatic heterocycles. The van der Waals surface area contributed by atoms with E-state index in [4.69, 9.17) is 16.7 Å². The quantitative estimate of drug-likeness (QED) is 0.894. The topological polar surface area (TPSA) is 40.5 Å². The third-order valence-electron chi connectivity index (χ3n) is 2.90. The van der Waals surface area contributed by atoms with Crippen molar-refractivity contribution in [2.24, 2.45) is 0 Å². The van der Waals surface area contributed by atoms with Crippen LogP contribution in [0.2, 0.25) is 5.02 Å². The van der Waals surface area contributed by atoms with E-state index in [0.717, 1.165) is 11.1 Å². The van der Waals surface area contributed by atoms with Crippen molar-refractivity contribution in [1.29, 1.82) is 0 Å². The van der Waals surface area contributed by atoms with Gasteiger partial charge in [-0.15, -0.1) is 0 Å². The molecule has 17 heavy (non-hydrogen) atoms. The van der Waals surface area contributed by atoms with Crippen LogP contribution in [0, 0.1) is 0 Å². The van der Waals surface area contributed by atoms with Gasteiger partial charge in [0.25, 0.3) is 0 Å². The second kappa shape index (κ2) is 4.90. The Bertz CT molecular complexity index is 453. The van der Waals surface area contributed by atoms with Crippen molar-refractivity contribution in [3.63, 3.8) is 0 Å². The van der Waals surface area contributed by atoms with E-state index in [-0.39, 0.29) is 18.6 Å². The van der Waals surface area contributed by atoms with Crippen LogP contribution in [0.3, 0.4) is 0 Å². The molecule has 0 radical (unpaired) electrons. The van der Waals surface area contributed by atoms with Crippen LogP contribution in [0.1, 0.15) is 18.5 Å². The van der Waals surface area contributed by atoms with Gasteiger partial charge in [0.1, 0.15) is 0 Å². The highest BCUT2D eigenvalue weighted by molar-refractivity contribution is 6.30. The Labute approximate surface area is 105 Å². The number of β-amino-alcohol motifs (C(OH)–C–C–N with tert-alkyl or cyclic N) is 1. The summed E-state index contributed by atoms with van der Waals surface area (Å²) in [4.78, 5) is 13.4. The first-order valence-corrected chi connectivity index (χ1v) is 5.86. The van der Waals surface area contributed by atoms with Gasteiger partial charge in [-0.05, 0) is 30.2 Å². The monoisotopic (exact) mass is 251 g/mol. The van der Waals surface area contributed by atoms with Crippen LogP contribution in [-0.4, -0.2) is 29.1 Å². The molecule has 1 aliphatic heterocycles. The first kappa shape index (κ1) is 12.1. The Morgan fingerprint density at radius 2 is 2.00 bits per heavy atom. The Hall–Kier alpha value is -1.32. The molecule has 90 valence electrons. The average molecular weight is 252 g/mol. The molecule has 1 atom stereocenters. The Kier molecular flexibility index (Phi) is 3.50. The van der Waals surface area contributed by atoms with Gasteiger partial charge in [0, 0.05) is 17.6 Å². The fourth-order valence-corrected chi connectivity index (χ4v) is 2.29.